The van der Waals surface area contributed by atoms with Gasteiger partial charge in [-0.25, -0.2) is 14.1 Å². The van der Waals surface area contributed by atoms with E-state index in [4.69, 9.17) is 0 Å². The third kappa shape index (κ3) is 6.80. The Morgan fingerprint density at radius 3 is 2.52 bits per heavy atom. The summed E-state index contributed by atoms with van der Waals surface area (Å²) in [6, 6.07) is 5.04. The summed E-state index contributed by atoms with van der Waals surface area (Å²) in [5.41, 5.74) is 0.0741. The number of amides is 3. The zero-order chi connectivity index (χ0) is 30.0. The first-order chi connectivity index (χ1) is 20.0. The number of halogens is 4. The van der Waals surface area contributed by atoms with Gasteiger partial charge in [-0.3, -0.25) is 9.59 Å². The Bertz CT molecular complexity index is 1490. The molecule has 224 valence electrons. The Morgan fingerprint density at radius 2 is 1.83 bits per heavy atom. The van der Waals surface area contributed by atoms with Crippen LogP contribution in [0.15, 0.2) is 30.5 Å². The molecule has 1 unspecified atom stereocenters. The number of hydrogen-bond acceptors (Lipinski definition) is 8. The minimum Gasteiger partial charge on any atom is -0.530 e. The van der Waals surface area contributed by atoms with Crippen LogP contribution in [0.25, 0.3) is 10.6 Å². The lowest BCUT2D eigenvalue weighted by atomic mass is 10.1. The first-order valence-electron chi connectivity index (χ1n) is 13.2. The highest BCUT2D eigenvalue weighted by Gasteiger charge is 2.40. The van der Waals surface area contributed by atoms with Gasteiger partial charge in [0.2, 0.25) is 0 Å². The summed E-state index contributed by atoms with van der Waals surface area (Å²) in [6.45, 7) is 1.29. The SMILES string of the molecule is O=C([O-])Nc1sc(-c2ccccc2F)nc1C(=O)Nc1cnn(CC2CC2)c1N1CCCC(NC(=O)C(F)(F)F)CC1. The second-order valence-corrected chi connectivity index (χ2v) is 11.1. The molecule has 5 rings (SSSR count). The van der Waals surface area contributed by atoms with Gasteiger partial charge in [-0.1, -0.05) is 23.5 Å². The van der Waals surface area contributed by atoms with Gasteiger partial charge in [0, 0.05) is 31.2 Å². The molecule has 3 N–H and O–H groups in total. The number of aromatic nitrogens is 3. The van der Waals surface area contributed by atoms with Gasteiger partial charge in [0.25, 0.3) is 5.91 Å². The predicted octanol–water partition coefficient (Wildman–Crippen LogP) is 3.60. The third-order valence-electron chi connectivity index (χ3n) is 6.97. The fourth-order valence-corrected chi connectivity index (χ4v) is 5.76. The molecule has 1 aliphatic carbocycles. The lowest BCUT2D eigenvalue weighted by Crippen LogP contribution is -2.43. The number of carboxylic acid groups (broad SMARTS) is 1. The number of benzene rings is 1. The summed E-state index contributed by atoms with van der Waals surface area (Å²) < 4.78 is 54.5. The number of thiazole rings is 1. The quantitative estimate of drug-likeness (QED) is 0.332. The number of nitrogens with one attached hydrogen (secondary N) is 3. The number of rotatable bonds is 8. The second-order valence-electron chi connectivity index (χ2n) is 10.1. The van der Waals surface area contributed by atoms with Gasteiger partial charge in [-0.2, -0.15) is 18.3 Å². The second kappa shape index (κ2) is 12.0. The molecule has 3 aromatic rings. The van der Waals surface area contributed by atoms with Crippen LogP contribution in [0.4, 0.5) is 38.9 Å². The van der Waals surface area contributed by atoms with Gasteiger partial charge in [0.1, 0.15) is 27.6 Å². The van der Waals surface area contributed by atoms with Crippen molar-refractivity contribution in [2.75, 3.05) is 28.6 Å². The molecule has 3 amide bonds. The molecular weight excluding hydrogens is 582 g/mol. The van der Waals surface area contributed by atoms with Crippen LogP contribution in [-0.2, 0) is 11.3 Å². The average molecular weight is 609 g/mol. The number of anilines is 3. The molecule has 11 nitrogen and oxygen atoms in total. The molecular formula is C26H26F4N7O4S-. The monoisotopic (exact) mass is 608 g/mol. The van der Waals surface area contributed by atoms with Crippen molar-refractivity contribution in [3.05, 3.63) is 42.0 Å². The average Bonchev–Trinajstić information content (AvgIpc) is 3.59. The summed E-state index contributed by atoms with van der Waals surface area (Å²) in [5.74, 6) is -2.43. The van der Waals surface area contributed by atoms with E-state index in [9.17, 15) is 37.1 Å². The molecule has 2 aromatic heterocycles. The van der Waals surface area contributed by atoms with Crippen molar-refractivity contribution in [3.63, 3.8) is 0 Å². The van der Waals surface area contributed by atoms with Crippen molar-refractivity contribution >= 4 is 45.8 Å². The van der Waals surface area contributed by atoms with Crippen LogP contribution < -0.4 is 26.0 Å². The van der Waals surface area contributed by atoms with Crippen LogP contribution in [0.2, 0.25) is 0 Å². The highest BCUT2D eigenvalue weighted by atomic mass is 32.1. The van der Waals surface area contributed by atoms with E-state index < -0.39 is 35.9 Å². The number of carbonyl (C=O) groups excluding carboxylic acids is 3. The molecule has 3 heterocycles. The lowest BCUT2D eigenvalue weighted by molar-refractivity contribution is -0.242. The molecule has 1 atom stereocenters. The molecule has 16 heteroatoms. The molecule has 1 aliphatic heterocycles. The number of carbonyl (C=O) groups is 3. The highest BCUT2D eigenvalue weighted by Crippen LogP contribution is 2.37. The maximum absolute atomic E-state index is 14.4. The Morgan fingerprint density at radius 1 is 1.07 bits per heavy atom. The topological polar surface area (TPSA) is 144 Å². The van der Waals surface area contributed by atoms with Crippen LogP contribution in [0.5, 0.6) is 0 Å². The number of alkyl halides is 3. The Balaban J connectivity index is 1.40. The maximum Gasteiger partial charge on any atom is 0.471 e. The lowest BCUT2D eigenvalue weighted by Gasteiger charge is -2.25. The Kier molecular flexibility index (Phi) is 8.34. The van der Waals surface area contributed by atoms with Gasteiger partial charge >= 0.3 is 12.1 Å². The van der Waals surface area contributed by atoms with Crippen molar-refractivity contribution < 1.29 is 37.1 Å². The zero-order valence-corrected chi connectivity index (χ0v) is 22.9. The van der Waals surface area contributed by atoms with Crippen molar-refractivity contribution in [1.29, 1.82) is 0 Å². The van der Waals surface area contributed by atoms with Crippen LogP contribution in [0.1, 0.15) is 42.6 Å². The Labute approximate surface area is 240 Å². The summed E-state index contributed by atoms with van der Waals surface area (Å²) in [7, 11) is 0. The van der Waals surface area contributed by atoms with Gasteiger partial charge in [-0.05, 0) is 50.2 Å². The van der Waals surface area contributed by atoms with E-state index in [1.165, 1.54) is 24.4 Å². The molecule has 1 saturated carbocycles. The fraction of sp³-hybridized carbons (Fsp3) is 0.423. The van der Waals surface area contributed by atoms with Crippen molar-refractivity contribution in [3.8, 4) is 10.6 Å². The summed E-state index contributed by atoms with van der Waals surface area (Å²) in [5, 5.41) is 22.5. The first kappa shape index (κ1) is 29.3. The molecule has 1 saturated heterocycles. The molecule has 2 fully saturated rings. The molecule has 42 heavy (non-hydrogen) atoms. The van der Waals surface area contributed by atoms with Crippen molar-refractivity contribution in [1.82, 2.24) is 20.1 Å². The molecule has 0 radical (unpaired) electrons. The molecule has 0 bridgehead atoms. The summed E-state index contributed by atoms with van der Waals surface area (Å²) in [4.78, 5) is 42.3. The molecule has 1 aromatic carbocycles. The van der Waals surface area contributed by atoms with Gasteiger partial charge < -0.3 is 30.8 Å². The van der Waals surface area contributed by atoms with Crippen LogP contribution >= 0.6 is 11.3 Å². The van der Waals surface area contributed by atoms with Gasteiger partial charge in [-0.15, -0.1) is 0 Å². The Hall–Kier alpha value is -4.21. The minimum absolute atomic E-state index is 0.0751. The van der Waals surface area contributed by atoms with Crippen LogP contribution in [-0.4, -0.2) is 58.0 Å². The molecule has 2 aliphatic rings. The van der Waals surface area contributed by atoms with Crippen molar-refractivity contribution in [2.24, 2.45) is 5.92 Å². The van der Waals surface area contributed by atoms with Crippen molar-refractivity contribution in [2.45, 2.75) is 50.9 Å². The maximum atomic E-state index is 14.4. The largest absolute Gasteiger partial charge is 0.530 e. The van der Waals surface area contributed by atoms with E-state index in [0.717, 1.165) is 24.2 Å². The third-order valence-corrected chi connectivity index (χ3v) is 7.97. The van der Waals surface area contributed by atoms with Gasteiger partial charge in [0.05, 0.1) is 6.20 Å². The minimum atomic E-state index is -4.97. The standard InChI is InChI=1S/C26H27F4N7O4S/c27-17-6-2-1-5-16(17)21-34-19(22(42-21)35-25(40)41)20(38)33-18-12-31-37(13-14-7-8-14)23(18)36-10-3-4-15(9-11-36)32-24(39)26(28,29)30/h1-2,5-6,12,14-15,35H,3-4,7-11,13H2,(H,32,39)(H,33,38)(H,40,41)/p-1. The van der Waals surface area contributed by atoms with E-state index in [1.807, 2.05) is 10.2 Å². The van der Waals surface area contributed by atoms with E-state index in [2.05, 4.69) is 20.7 Å². The van der Waals surface area contributed by atoms with Gasteiger partial charge in [0.15, 0.2) is 11.5 Å². The summed E-state index contributed by atoms with van der Waals surface area (Å²) in [6.07, 6.45) is -2.12. The summed E-state index contributed by atoms with van der Waals surface area (Å²) >= 11 is 0.768. The van der Waals surface area contributed by atoms with E-state index in [-0.39, 0.29) is 34.2 Å². The fourth-order valence-electron chi connectivity index (χ4n) is 4.78. The number of hydrogen-bond donors (Lipinski definition) is 3. The number of nitrogens with zero attached hydrogens (tertiary/aromatic N) is 4. The molecule has 0 spiro atoms. The smallest absolute Gasteiger partial charge is 0.471 e. The van der Waals surface area contributed by atoms with Crippen LogP contribution in [0.3, 0.4) is 0 Å². The van der Waals surface area contributed by atoms with E-state index in [0.29, 0.717) is 43.4 Å². The van der Waals surface area contributed by atoms with E-state index in [1.54, 1.807) is 10.7 Å². The van der Waals surface area contributed by atoms with Crippen LogP contribution in [0, 0.1) is 11.7 Å². The normalized spacial score (nSPS) is 17.4. The first-order valence-corrected chi connectivity index (χ1v) is 14.0. The van der Waals surface area contributed by atoms with E-state index >= 15 is 0 Å². The predicted molar refractivity (Wildman–Crippen MR) is 143 cm³/mol. The zero-order valence-electron chi connectivity index (χ0n) is 22.0. The highest BCUT2D eigenvalue weighted by molar-refractivity contribution is 7.19.